The number of hydrogen-bond donors (Lipinski definition) is 1. The van der Waals surface area contributed by atoms with Gasteiger partial charge in [-0.25, -0.2) is 8.42 Å². The summed E-state index contributed by atoms with van der Waals surface area (Å²) in [6, 6.07) is 0. The van der Waals surface area contributed by atoms with Crippen LogP contribution in [0, 0.1) is 5.92 Å². The van der Waals surface area contributed by atoms with Gasteiger partial charge in [-0.1, -0.05) is 0 Å². The lowest BCUT2D eigenvalue weighted by Gasteiger charge is -2.26. The van der Waals surface area contributed by atoms with Gasteiger partial charge in [0.15, 0.2) is 0 Å². The minimum atomic E-state index is -2.95. The lowest BCUT2D eigenvalue weighted by molar-refractivity contribution is 0.382. The third-order valence-corrected chi connectivity index (χ3v) is 4.68. The van der Waals surface area contributed by atoms with Crippen molar-refractivity contribution in [3.05, 3.63) is 0 Å². The Hall–Kier alpha value is 0.0600. The summed E-state index contributed by atoms with van der Waals surface area (Å²) in [4.78, 5) is 0. The SMILES string of the molecule is CS(=O)(=O)CCS(=O)CC1CNC1. The van der Waals surface area contributed by atoms with E-state index in [-0.39, 0.29) is 11.5 Å². The van der Waals surface area contributed by atoms with E-state index in [1.165, 1.54) is 6.26 Å². The van der Waals surface area contributed by atoms with E-state index in [0.29, 0.717) is 11.7 Å². The molecule has 78 valence electrons. The summed E-state index contributed by atoms with van der Waals surface area (Å²) < 4.78 is 32.8. The van der Waals surface area contributed by atoms with Crippen LogP contribution in [0.2, 0.25) is 0 Å². The Morgan fingerprint density at radius 2 is 2.08 bits per heavy atom. The van der Waals surface area contributed by atoms with Gasteiger partial charge >= 0.3 is 0 Å². The van der Waals surface area contributed by atoms with Gasteiger partial charge in [0, 0.05) is 41.7 Å². The summed E-state index contributed by atoms with van der Waals surface area (Å²) in [6.45, 7) is 1.84. The fourth-order valence-corrected chi connectivity index (χ4v) is 3.94. The first-order chi connectivity index (χ1) is 5.97. The second-order valence-electron chi connectivity index (χ2n) is 3.46. The normalized spacial score (nSPS) is 21.0. The van der Waals surface area contributed by atoms with Gasteiger partial charge in [-0.15, -0.1) is 0 Å². The van der Waals surface area contributed by atoms with Gasteiger partial charge in [0.05, 0.1) is 5.75 Å². The zero-order valence-corrected chi connectivity index (χ0v) is 9.29. The molecule has 1 rings (SSSR count). The zero-order valence-electron chi connectivity index (χ0n) is 7.65. The summed E-state index contributed by atoms with van der Waals surface area (Å²) in [5, 5.41) is 3.09. The molecule has 1 saturated heterocycles. The lowest BCUT2D eigenvalue weighted by atomic mass is 10.1. The number of nitrogens with one attached hydrogen (secondary N) is 1. The molecule has 1 aliphatic rings. The molecule has 0 amide bonds. The first-order valence-corrected chi connectivity index (χ1v) is 7.75. The van der Waals surface area contributed by atoms with Gasteiger partial charge in [-0.2, -0.15) is 0 Å². The standard InChI is InChI=1S/C7H15NO3S2/c1-13(10,11)3-2-12(9)6-7-4-8-5-7/h7-8H,2-6H2,1H3. The van der Waals surface area contributed by atoms with Gasteiger partial charge in [0.2, 0.25) is 0 Å². The van der Waals surface area contributed by atoms with E-state index in [9.17, 15) is 12.6 Å². The Balaban J connectivity index is 2.17. The largest absolute Gasteiger partial charge is 0.316 e. The highest BCUT2D eigenvalue weighted by Crippen LogP contribution is 2.04. The average molecular weight is 225 g/mol. The van der Waals surface area contributed by atoms with Crippen molar-refractivity contribution in [3.8, 4) is 0 Å². The predicted octanol–water partition coefficient (Wildman–Crippen LogP) is -1.00. The van der Waals surface area contributed by atoms with E-state index >= 15 is 0 Å². The maximum atomic E-state index is 11.3. The van der Waals surface area contributed by atoms with Gasteiger partial charge in [-0.3, -0.25) is 4.21 Å². The van der Waals surface area contributed by atoms with E-state index in [2.05, 4.69) is 5.32 Å². The minimum absolute atomic E-state index is 0.0414. The maximum Gasteiger partial charge on any atom is 0.148 e. The Morgan fingerprint density at radius 3 is 2.46 bits per heavy atom. The molecule has 1 heterocycles. The van der Waals surface area contributed by atoms with Crippen LogP contribution in [0.15, 0.2) is 0 Å². The molecule has 0 aromatic heterocycles. The Kier molecular flexibility index (Phi) is 3.87. The van der Waals surface area contributed by atoms with Gasteiger partial charge in [0.25, 0.3) is 0 Å². The van der Waals surface area contributed by atoms with Crippen molar-refractivity contribution in [2.75, 3.05) is 36.6 Å². The summed E-state index contributed by atoms with van der Waals surface area (Å²) in [7, 11) is -3.92. The first-order valence-electron chi connectivity index (χ1n) is 4.21. The van der Waals surface area contributed by atoms with E-state index in [1.807, 2.05) is 0 Å². The average Bonchev–Trinajstić information content (AvgIpc) is 1.91. The first kappa shape index (κ1) is 11.1. The van der Waals surface area contributed by atoms with Crippen molar-refractivity contribution >= 4 is 20.6 Å². The highest BCUT2D eigenvalue weighted by Gasteiger charge is 2.19. The highest BCUT2D eigenvalue weighted by molar-refractivity contribution is 7.92. The van der Waals surface area contributed by atoms with Crippen molar-refractivity contribution in [3.63, 3.8) is 0 Å². The molecule has 6 heteroatoms. The molecule has 4 nitrogen and oxygen atoms in total. The third kappa shape index (κ3) is 4.73. The summed E-state index contributed by atoms with van der Waals surface area (Å²) >= 11 is 0. The molecule has 0 aliphatic carbocycles. The molecule has 0 aromatic rings. The number of rotatable bonds is 5. The summed E-state index contributed by atoms with van der Waals surface area (Å²) in [5.41, 5.74) is 0. The molecule has 1 fully saturated rings. The van der Waals surface area contributed by atoms with Crippen LogP contribution < -0.4 is 5.32 Å². The topological polar surface area (TPSA) is 63.2 Å². The lowest BCUT2D eigenvalue weighted by Crippen LogP contribution is -2.45. The molecule has 0 bridgehead atoms. The Morgan fingerprint density at radius 1 is 1.46 bits per heavy atom. The Bertz CT molecular complexity index is 282. The van der Waals surface area contributed by atoms with Gasteiger partial charge in [-0.05, 0) is 5.92 Å². The molecular formula is C7H15NO3S2. The molecule has 0 spiro atoms. The zero-order chi connectivity index (χ0) is 9.90. The molecule has 13 heavy (non-hydrogen) atoms. The maximum absolute atomic E-state index is 11.3. The monoisotopic (exact) mass is 225 g/mol. The van der Waals surface area contributed by atoms with Crippen LogP contribution in [-0.2, 0) is 20.6 Å². The Labute approximate surface area is 81.5 Å². The van der Waals surface area contributed by atoms with Crippen molar-refractivity contribution in [1.29, 1.82) is 0 Å². The molecule has 1 unspecified atom stereocenters. The third-order valence-electron chi connectivity index (χ3n) is 1.97. The van der Waals surface area contributed by atoms with Crippen LogP contribution in [0.3, 0.4) is 0 Å². The van der Waals surface area contributed by atoms with Crippen LogP contribution in [0.4, 0.5) is 0 Å². The van der Waals surface area contributed by atoms with Crippen LogP contribution in [-0.4, -0.2) is 49.2 Å². The molecule has 1 aliphatic heterocycles. The highest BCUT2D eigenvalue weighted by atomic mass is 32.2. The van der Waals surface area contributed by atoms with E-state index < -0.39 is 20.6 Å². The second-order valence-corrected chi connectivity index (χ2v) is 7.35. The fraction of sp³-hybridized carbons (Fsp3) is 1.00. The summed E-state index contributed by atoms with van der Waals surface area (Å²) in [6.07, 6.45) is 1.18. The molecule has 1 N–H and O–H groups in total. The number of sulfone groups is 1. The second kappa shape index (κ2) is 4.52. The van der Waals surface area contributed by atoms with E-state index in [4.69, 9.17) is 0 Å². The van der Waals surface area contributed by atoms with Crippen LogP contribution in [0.25, 0.3) is 0 Å². The van der Waals surface area contributed by atoms with Crippen molar-refractivity contribution < 1.29 is 12.6 Å². The fourth-order valence-electron chi connectivity index (χ4n) is 1.06. The summed E-state index contributed by atoms with van der Waals surface area (Å²) in [5.74, 6) is 1.46. The molecule has 1 atom stereocenters. The van der Waals surface area contributed by atoms with Crippen LogP contribution >= 0.6 is 0 Å². The van der Waals surface area contributed by atoms with Crippen molar-refractivity contribution in [2.45, 2.75) is 0 Å². The molecule has 0 saturated carbocycles. The molecule has 0 radical (unpaired) electrons. The van der Waals surface area contributed by atoms with Crippen molar-refractivity contribution in [2.24, 2.45) is 5.92 Å². The van der Waals surface area contributed by atoms with E-state index in [1.54, 1.807) is 0 Å². The van der Waals surface area contributed by atoms with Gasteiger partial charge < -0.3 is 5.32 Å². The minimum Gasteiger partial charge on any atom is -0.316 e. The predicted molar refractivity (Wildman–Crippen MR) is 53.9 cm³/mol. The number of hydrogen-bond acceptors (Lipinski definition) is 4. The smallest absolute Gasteiger partial charge is 0.148 e. The quantitative estimate of drug-likeness (QED) is 0.652. The van der Waals surface area contributed by atoms with Crippen molar-refractivity contribution in [1.82, 2.24) is 5.32 Å². The van der Waals surface area contributed by atoms with Gasteiger partial charge in [0.1, 0.15) is 9.84 Å². The van der Waals surface area contributed by atoms with E-state index in [0.717, 1.165) is 13.1 Å². The van der Waals surface area contributed by atoms with Crippen LogP contribution in [0.1, 0.15) is 0 Å². The van der Waals surface area contributed by atoms with Crippen LogP contribution in [0.5, 0.6) is 0 Å². The molecular weight excluding hydrogens is 210 g/mol. The molecule has 0 aromatic carbocycles.